The van der Waals surface area contributed by atoms with Crippen molar-refractivity contribution < 1.29 is 19.0 Å². The third-order valence-corrected chi connectivity index (χ3v) is 8.64. The summed E-state index contributed by atoms with van der Waals surface area (Å²) in [6.45, 7) is 0. The van der Waals surface area contributed by atoms with E-state index in [0.29, 0.717) is 37.7 Å². The van der Waals surface area contributed by atoms with Gasteiger partial charge in [0.05, 0.1) is 38.4 Å². The molecule has 0 saturated carbocycles. The van der Waals surface area contributed by atoms with E-state index in [1.54, 1.807) is 21.3 Å². The highest BCUT2D eigenvalue weighted by Gasteiger charge is 2.23. The molecule has 0 bridgehead atoms. The number of amides is 1. The summed E-state index contributed by atoms with van der Waals surface area (Å²) in [6.07, 6.45) is 0. The molecule has 210 valence electrons. The van der Waals surface area contributed by atoms with Crippen molar-refractivity contribution in [3.05, 3.63) is 89.1 Å². The maximum atomic E-state index is 13.5. The summed E-state index contributed by atoms with van der Waals surface area (Å²) in [4.78, 5) is 24.1. The number of fused-ring (bicyclic) bond motifs is 1. The van der Waals surface area contributed by atoms with E-state index < -0.39 is 0 Å². The van der Waals surface area contributed by atoms with E-state index in [9.17, 15) is 4.79 Å². The third kappa shape index (κ3) is 5.13. The van der Waals surface area contributed by atoms with E-state index in [0.717, 1.165) is 39.1 Å². The van der Waals surface area contributed by atoms with Gasteiger partial charge < -0.3 is 19.9 Å². The molecule has 3 N–H and O–H groups in total. The van der Waals surface area contributed by atoms with Gasteiger partial charge in [-0.15, -0.1) is 22.7 Å². The number of nitrogens with one attached hydrogen (secondary N) is 1. The van der Waals surface area contributed by atoms with Gasteiger partial charge >= 0.3 is 0 Å². The molecule has 0 saturated heterocycles. The summed E-state index contributed by atoms with van der Waals surface area (Å²) >= 11 is 2.59. The number of carbonyl (C=O) groups is 1. The van der Waals surface area contributed by atoms with Gasteiger partial charge in [-0.3, -0.25) is 10.1 Å². The topological polar surface area (TPSA) is 109 Å². The number of rotatable bonds is 8. The van der Waals surface area contributed by atoms with Crippen molar-refractivity contribution in [3.63, 3.8) is 0 Å². The van der Waals surface area contributed by atoms with Gasteiger partial charge in [-0.25, -0.2) is 9.97 Å². The SMILES string of the molecule is COc1ccc(-c2cc(-c3ccccc3)nc3sc(C(=O)Nc4nc(-c5ccc(OC)c(OC)c5)cs4)c(N)c23)cc1. The van der Waals surface area contributed by atoms with Crippen LogP contribution in [0.25, 0.3) is 43.9 Å². The minimum atomic E-state index is -0.342. The molecule has 3 aromatic heterocycles. The van der Waals surface area contributed by atoms with Crippen molar-refractivity contribution >= 4 is 49.6 Å². The first-order valence-corrected chi connectivity index (χ1v) is 14.6. The summed E-state index contributed by atoms with van der Waals surface area (Å²) in [5.41, 5.74) is 12.2. The van der Waals surface area contributed by atoms with Crippen LogP contribution in [0, 0.1) is 0 Å². The minimum absolute atomic E-state index is 0.342. The van der Waals surface area contributed by atoms with Crippen LogP contribution in [0.15, 0.2) is 84.2 Å². The highest BCUT2D eigenvalue weighted by Crippen LogP contribution is 2.42. The molecule has 0 atom stereocenters. The Hall–Kier alpha value is -4.93. The third-order valence-electron chi connectivity index (χ3n) is 6.78. The Kier molecular flexibility index (Phi) is 7.47. The van der Waals surface area contributed by atoms with Gasteiger partial charge in [0.25, 0.3) is 5.91 Å². The molecule has 0 spiro atoms. The normalized spacial score (nSPS) is 10.9. The fourth-order valence-corrected chi connectivity index (χ4v) is 6.39. The second-order valence-electron chi connectivity index (χ2n) is 9.24. The number of nitrogens with two attached hydrogens (primary N) is 1. The monoisotopic (exact) mass is 594 g/mol. The molecule has 1 amide bonds. The summed E-state index contributed by atoms with van der Waals surface area (Å²) in [5, 5.41) is 5.99. The van der Waals surface area contributed by atoms with Crippen molar-refractivity contribution in [1.82, 2.24) is 9.97 Å². The minimum Gasteiger partial charge on any atom is -0.497 e. The van der Waals surface area contributed by atoms with Gasteiger partial charge in [-0.2, -0.15) is 0 Å². The zero-order valence-corrected chi connectivity index (χ0v) is 24.6. The Bertz CT molecular complexity index is 1900. The number of thiazole rings is 1. The summed E-state index contributed by atoms with van der Waals surface area (Å²) in [7, 11) is 4.81. The molecule has 3 aromatic carbocycles. The zero-order valence-electron chi connectivity index (χ0n) is 23.0. The van der Waals surface area contributed by atoms with Crippen molar-refractivity contribution in [2.24, 2.45) is 0 Å². The van der Waals surface area contributed by atoms with Gasteiger partial charge in [-0.1, -0.05) is 42.5 Å². The van der Waals surface area contributed by atoms with E-state index in [4.69, 9.17) is 24.9 Å². The van der Waals surface area contributed by atoms with Gasteiger partial charge in [0.15, 0.2) is 16.6 Å². The summed E-state index contributed by atoms with van der Waals surface area (Å²) in [5.74, 6) is 1.64. The van der Waals surface area contributed by atoms with E-state index >= 15 is 0 Å². The van der Waals surface area contributed by atoms with Crippen LogP contribution in [-0.4, -0.2) is 37.2 Å². The molecule has 0 aliphatic heterocycles. The number of methoxy groups -OCH3 is 3. The van der Waals surface area contributed by atoms with Gasteiger partial charge in [0, 0.05) is 21.9 Å². The number of nitrogens with zero attached hydrogens (tertiary/aromatic N) is 2. The Morgan fingerprint density at radius 1 is 0.786 bits per heavy atom. The van der Waals surface area contributed by atoms with Crippen LogP contribution < -0.4 is 25.3 Å². The Labute approximate surface area is 250 Å². The lowest BCUT2D eigenvalue weighted by molar-refractivity contribution is 0.103. The van der Waals surface area contributed by atoms with Crippen LogP contribution in [0.4, 0.5) is 10.8 Å². The number of pyridine rings is 1. The van der Waals surface area contributed by atoms with Crippen LogP contribution in [0.1, 0.15) is 9.67 Å². The molecule has 3 heterocycles. The standard InChI is InChI=1S/C32H26N4O4S2/c1-38-21-12-9-18(10-13-21)22-16-23(19-7-5-4-6-8-19)34-31-27(22)28(33)29(42-31)30(37)36-32-35-24(17-41-32)20-11-14-25(39-2)26(15-20)40-3/h4-17H,33H2,1-3H3,(H,35,36,37). The first-order chi connectivity index (χ1) is 20.5. The fraction of sp³-hybridized carbons (Fsp3) is 0.0938. The summed E-state index contributed by atoms with van der Waals surface area (Å²) in [6, 6.07) is 25.3. The average Bonchev–Trinajstić information content (AvgIpc) is 3.65. The van der Waals surface area contributed by atoms with Crippen molar-refractivity contribution in [1.29, 1.82) is 0 Å². The van der Waals surface area contributed by atoms with Crippen molar-refractivity contribution in [2.45, 2.75) is 0 Å². The quantitative estimate of drug-likeness (QED) is 0.187. The average molecular weight is 595 g/mol. The first kappa shape index (κ1) is 27.3. The molecule has 0 aliphatic rings. The Balaban J connectivity index is 1.37. The van der Waals surface area contributed by atoms with E-state index in [1.807, 2.05) is 84.2 Å². The number of hydrogen-bond acceptors (Lipinski definition) is 9. The smallest absolute Gasteiger partial charge is 0.269 e. The fourth-order valence-electron chi connectivity index (χ4n) is 4.66. The van der Waals surface area contributed by atoms with Gasteiger partial charge in [0.2, 0.25) is 0 Å². The number of ether oxygens (including phenoxy) is 3. The van der Waals surface area contributed by atoms with Crippen molar-refractivity contribution in [3.8, 4) is 50.9 Å². The molecule has 0 radical (unpaired) electrons. The van der Waals surface area contributed by atoms with E-state index in [1.165, 1.54) is 22.7 Å². The first-order valence-electron chi connectivity index (χ1n) is 12.9. The van der Waals surface area contributed by atoms with Crippen molar-refractivity contribution in [2.75, 3.05) is 32.4 Å². The predicted molar refractivity (Wildman–Crippen MR) is 170 cm³/mol. The highest BCUT2D eigenvalue weighted by atomic mass is 32.1. The predicted octanol–water partition coefficient (Wildman–Crippen LogP) is 7.61. The lowest BCUT2D eigenvalue weighted by atomic mass is 9.99. The van der Waals surface area contributed by atoms with Crippen LogP contribution in [0.3, 0.4) is 0 Å². The van der Waals surface area contributed by atoms with E-state index in [2.05, 4.69) is 10.3 Å². The number of nitrogen functional groups attached to an aromatic ring is 1. The van der Waals surface area contributed by atoms with Crippen LogP contribution >= 0.6 is 22.7 Å². The molecule has 0 aliphatic carbocycles. The molecule has 10 heteroatoms. The largest absolute Gasteiger partial charge is 0.497 e. The molecular weight excluding hydrogens is 569 g/mol. The van der Waals surface area contributed by atoms with Crippen LogP contribution in [0.2, 0.25) is 0 Å². The molecule has 8 nitrogen and oxygen atoms in total. The molecule has 42 heavy (non-hydrogen) atoms. The maximum absolute atomic E-state index is 13.5. The second-order valence-corrected chi connectivity index (χ2v) is 11.1. The number of hydrogen-bond donors (Lipinski definition) is 2. The molecule has 6 aromatic rings. The van der Waals surface area contributed by atoms with Gasteiger partial charge in [0.1, 0.15) is 15.5 Å². The van der Waals surface area contributed by atoms with Gasteiger partial charge in [-0.05, 0) is 47.5 Å². The number of anilines is 2. The van der Waals surface area contributed by atoms with E-state index in [-0.39, 0.29) is 5.91 Å². The molecule has 0 unspecified atom stereocenters. The summed E-state index contributed by atoms with van der Waals surface area (Å²) < 4.78 is 16.1. The number of aromatic nitrogens is 2. The second kappa shape index (κ2) is 11.5. The lowest BCUT2D eigenvalue weighted by Gasteiger charge is -2.10. The highest BCUT2D eigenvalue weighted by molar-refractivity contribution is 7.21. The zero-order chi connectivity index (χ0) is 29.2. The molecule has 0 fully saturated rings. The molecular formula is C32H26N4O4S2. The number of thiophene rings is 1. The van der Waals surface area contributed by atoms with Crippen LogP contribution in [-0.2, 0) is 0 Å². The number of carbonyl (C=O) groups excluding carboxylic acids is 1. The maximum Gasteiger partial charge on any atom is 0.269 e. The molecule has 6 rings (SSSR count). The number of benzene rings is 3. The van der Waals surface area contributed by atoms with Crippen LogP contribution in [0.5, 0.6) is 17.2 Å². The lowest BCUT2D eigenvalue weighted by Crippen LogP contribution is -2.11. The Morgan fingerprint density at radius 3 is 2.24 bits per heavy atom. The Morgan fingerprint density at radius 2 is 1.52 bits per heavy atom.